The first-order valence-corrected chi connectivity index (χ1v) is 7.76. The van der Waals surface area contributed by atoms with Crippen LogP contribution in [-0.4, -0.2) is 47.0 Å². The van der Waals surface area contributed by atoms with Crippen molar-refractivity contribution in [1.82, 2.24) is 10.2 Å². The summed E-state index contributed by atoms with van der Waals surface area (Å²) in [5.41, 5.74) is 0.0539. The summed E-state index contributed by atoms with van der Waals surface area (Å²) in [6, 6.07) is 0.382. The molecule has 0 bridgehead atoms. The number of hydrogen-bond acceptors (Lipinski definition) is 3. The van der Waals surface area contributed by atoms with Crippen molar-refractivity contribution in [3.8, 4) is 0 Å². The number of likely N-dealkylation sites (tertiary alicyclic amines) is 1. The van der Waals surface area contributed by atoms with Crippen LogP contribution in [0.25, 0.3) is 0 Å². The van der Waals surface area contributed by atoms with E-state index in [1.54, 1.807) is 0 Å². The van der Waals surface area contributed by atoms with Crippen LogP contribution in [0.5, 0.6) is 0 Å². The molecule has 3 nitrogen and oxygen atoms in total. The van der Waals surface area contributed by atoms with Crippen LogP contribution in [0.2, 0.25) is 0 Å². The maximum Gasteiger partial charge on any atom is 0.224 e. The fourth-order valence-electron chi connectivity index (χ4n) is 3.10. The largest absolute Gasteiger partial charge is 0.337 e. The smallest absolute Gasteiger partial charge is 0.224 e. The summed E-state index contributed by atoms with van der Waals surface area (Å²) in [5.74, 6) is 3.23. The quantitative estimate of drug-likeness (QED) is 0.846. The number of nitrogens with zero attached hydrogens (tertiary/aromatic N) is 1. The van der Waals surface area contributed by atoms with Crippen molar-refractivity contribution < 1.29 is 4.79 Å². The first-order chi connectivity index (χ1) is 7.99. The highest BCUT2D eigenvalue weighted by atomic mass is 35.5. The Morgan fingerprint density at radius 3 is 2.72 bits per heavy atom. The molecule has 1 amide bonds. The predicted molar refractivity (Wildman–Crippen MR) is 80.6 cm³/mol. The van der Waals surface area contributed by atoms with E-state index in [2.05, 4.69) is 31.0 Å². The van der Waals surface area contributed by atoms with E-state index < -0.39 is 0 Å². The van der Waals surface area contributed by atoms with Gasteiger partial charge in [0.15, 0.2) is 0 Å². The lowest BCUT2D eigenvalue weighted by molar-refractivity contribution is -0.134. The highest BCUT2D eigenvalue weighted by Gasteiger charge is 2.39. The molecule has 2 atom stereocenters. The van der Waals surface area contributed by atoms with Gasteiger partial charge in [-0.2, -0.15) is 11.8 Å². The van der Waals surface area contributed by atoms with Crippen LogP contribution in [0, 0.1) is 5.92 Å². The zero-order chi connectivity index (χ0) is 12.5. The first kappa shape index (κ1) is 16.1. The second-order valence-electron chi connectivity index (χ2n) is 6.06. The van der Waals surface area contributed by atoms with Gasteiger partial charge >= 0.3 is 0 Å². The summed E-state index contributed by atoms with van der Waals surface area (Å²) in [6.45, 7) is 8.60. The number of hydrogen-bond donors (Lipinski definition) is 1. The maximum atomic E-state index is 12.4. The van der Waals surface area contributed by atoms with Crippen molar-refractivity contribution in [3.63, 3.8) is 0 Å². The molecule has 2 rings (SSSR count). The van der Waals surface area contributed by atoms with Crippen LogP contribution in [0.4, 0.5) is 0 Å². The SMILES string of the molecule is CC1CN(C(=O)CC2CSCCN2)C(C)(C)C1.Cl. The normalized spacial score (nSPS) is 30.9. The molecule has 2 aliphatic rings. The average Bonchev–Trinajstić information content (AvgIpc) is 2.53. The molecular weight excluding hydrogens is 268 g/mol. The highest BCUT2D eigenvalue weighted by molar-refractivity contribution is 7.99. The third-order valence-corrected chi connectivity index (χ3v) is 4.92. The van der Waals surface area contributed by atoms with Crippen molar-refractivity contribution in [2.75, 3.05) is 24.6 Å². The van der Waals surface area contributed by atoms with Crippen molar-refractivity contribution >= 4 is 30.1 Å². The Balaban J connectivity index is 0.00000162. The molecule has 0 radical (unpaired) electrons. The Kier molecular flexibility index (Phi) is 5.81. The Morgan fingerprint density at radius 2 is 2.22 bits per heavy atom. The van der Waals surface area contributed by atoms with E-state index in [1.807, 2.05) is 11.8 Å². The number of carbonyl (C=O) groups is 1. The van der Waals surface area contributed by atoms with Crippen molar-refractivity contribution in [1.29, 1.82) is 0 Å². The Hall–Kier alpha value is 0.0700. The van der Waals surface area contributed by atoms with Gasteiger partial charge in [0, 0.05) is 42.6 Å². The van der Waals surface area contributed by atoms with E-state index in [1.165, 1.54) is 5.75 Å². The van der Waals surface area contributed by atoms with Gasteiger partial charge in [-0.25, -0.2) is 0 Å². The number of halogens is 1. The van der Waals surface area contributed by atoms with Gasteiger partial charge in [-0.3, -0.25) is 4.79 Å². The molecule has 0 saturated carbocycles. The first-order valence-electron chi connectivity index (χ1n) is 6.60. The van der Waals surface area contributed by atoms with Gasteiger partial charge in [0.1, 0.15) is 0 Å². The minimum atomic E-state index is 0. The lowest BCUT2D eigenvalue weighted by Crippen LogP contribution is -2.47. The van der Waals surface area contributed by atoms with Crippen LogP contribution in [0.3, 0.4) is 0 Å². The minimum absolute atomic E-state index is 0. The number of thioether (sulfide) groups is 1. The molecule has 0 aliphatic carbocycles. The molecule has 2 fully saturated rings. The molecule has 0 aromatic carbocycles. The van der Waals surface area contributed by atoms with Crippen molar-refractivity contribution in [3.05, 3.63) is 0 Å². The molecule has 1 N–H and O–H groups in total. The fourth-order valence-corrected chi connectivity index (χ4v) is 4.05. The molecule has 106 valence electrons. The lowest BCUT2D eigenvalue weighted by atomic mass is 9.97. The second-order valence-corrected chi connectivity index (χ2v) is 7.21. The zero-order valence-electron chi connectivity index (χ0n) is 11.6. The molecule has 2 aliphatic heterocycles. The standard InChI is InChI=1S/C13H24N2OS.ClH/c1-10-7-13(2,3)15(8-10)12(16)6-11-9-17-5-4-14-11;/h10-11,14H,4-9H2,1-3H3;1H. The fraction of sp³-hybridized carbons (Fsp3) is 0.923. The van der Waals surface area contributed by atoms with Gasteiger partial charge in [-0.05, 0) is 26.2 Å². The van der Waals surface area contributed by atoms with E-state index in [0.717, 1.165) is 25.3 Å². The molecule has 18 heavy (non-hydrogen) atoms. The molecule has 0 aromatic heterocycles. The predicted octanol–water partition coefficient (Wildman–Crippen LogP) is 2.15. The van der Waals surface area contributed by atoms with E-state index in [-0.39, 0.29) is 17.9 Å². The Bertz CT molecular complexity index is 293. The van der Waals surface area contributed by atoms with Crippen molar-refractivity contribution in [2.24, 2.45) is 5.92 Å². The van der Waals surface area contributed by atoms with Crippen LogP contribution in [-0.2, 0) is 4.79 Å². The Labute approximate surface area is 121 Å². The number of carbonyl (C=O) groups excluding carboxylic acids is 1. The number of nitrogens with one attached hydrogen (secondary N) is 1. The third kappa shape index (κ3) is 3.78. The van der Waals surface area contributed by atoms with Crippen LogP contribution in [0.1, 0.15) is 33.6 Å². The summed E-state index contributed by atoms with van der Waals surface area (Å²) < 4.78 is 0. The summed E-state index contributed by atoms with van der Waals surface area (Å²) in [7, 11) is 0. The molecule has 2 heterocycles. The molecule has 0 spiro atoms. The summed E-state index contributed by atoms with van der Waals surface area (Å²) in [6.07, 6.45) is 1.80. The van der Waals surface area contributed by atoms with Gasteiger partial charge in [0.2, 0.25) is 5.91 Å². The van der Waals surface area contributed by atoms with Gasteiger partial charge in [-0.15, -0.1) is 12.4 Å². The topological polar surface area (TPSA) is 32.3 Å². The third-order valence-electron chi connectivity index (χ3n) is 3.79. The zero-order valence-corrected chi connectivity index (χ0v) is 13.2. The molecular formula is C13H25ClN2OS. The van der Waals surface area contributed by atoms with Gasteiger partial charge in [0.05, 0.1) is 0 Å². The number of amides is 1. The monoisotopic (exact) mass is 292 g/mol. The second kappa shape index (κ2) is 6.49. The Morgan fingerprint density at radius 1 is 1.50 bits per heavy atom. The lowest BCUT2D eigenvalue weighted by Gasteiger charge is -2.33. The van der Waals surface area contributed by atoms with Gasteiger partial charge in [0.25, 0.3) is 0 Å². The van der Waals surface area contributed by atoms with Crippen LogP contribution < -0.4 is 5.32 Å². The maximum absolute atomic E-state index is 12.4. The average molecular weight is 293 g/mol. The van der Waals surface area contributed by atoms with Crippen molar-refractivity contribution in [2.45, 2.75) is 45.2 Å². The molecule has 0 aromatic rings. The highest BCUT2D eigenvalue weighted by Crippen LogP contribution is 2.33. The summed E-state index contributed by atoms with van der Waals surface area (Å²) >= 11 is 1.95. The van der Waals surface area contributed by atoms with E-state index in [0.29, 0.717) is 24.3 Å². The molecule has 2 saturated heterocycles. The minimum Gasteiger partial charge on any atom is -0.337 e. The van der Waals surface area contributed by atoms with E-state index in [9.17, 15) is 4.79 Å². The molecule has 2 unspecified atom stereocenters. The van der Waals surface area contributed by atoms with Crippen LogP contribution in [0.15, 0.2) is 0 Å². The van der Waals surface area contributed by atoms with Gasteiger partial charge < -0.3 is 10.2 Å². The van der Waals surface area contributed by atoms with E-state index in [4.69, 9.17) is 0 Å². The summed E-state index contributed by atoms with van der Waals surface area (Å²) in [4.78, 5) is 14.4. The molecule has 5 heteroatoms. The summed E-state index contributed by atoms with van der Waals surface area (Å²) in [5, 5.41) is 3.44. The van der Waals surface area contributed by atoms with Crippen LogP contribution >= 0.6 is 24.2 Å². The van der Waals surface area contributed by atoms with E-state index >= 15 is 0 Å². The van der Waals surface area contributed by atoms with Gasteiger partial charge in [-0.1, -0.05) is 6.92 Å². The number of rotatable bonds is 2.